The van der Waals surface area contributed by atoms with Crippen LogP contribution in [-0.2, 0) is 0 Å². The molecule has 4 heteroatoms. The predicted molar refractivity (Wildman–Crippen MR) is 187 cm³/mol. The number of para-hydroxylation sites is 5. The number of hydrogen-bond donors (Lipinski definition) is 0. The van der Waals surface area contributed by atoms with Gasteiger partial charge < -0.3 is 9.13 Å². The van der Waals surface area contributed by atoms with Gasteiger partial charge in [0.1, 0.15) is 5.65 Å². The molecule has 0 spiro atoms. The van der Waals surface area contributed by atoms with Gasteiger partial charge in [0.15, 0.2) is 0 Å². The summed E-state index contributed by atoms with van der Waals surface area (Å²) in [6, 6.07) is 15.1. The Hall–Kier alpha value is -6.13. The van der Waals surface area contributed by atoms with E-state index < -0.39 is 84.7 Å². The highest BCUT2D eigenvalue weighted by atomic mass is 15.1. The number of fused-ring (bicyclic) bond motifs is 9. The first kappa shape index (κ1) is 14.6. The third kappa shape index (κ3) is 3.34. The monoisotopic (exact) mass is 588 g/mol. The molecular weight excluding hydrogens is 548 g/mol. The van der Waals surface area contributed by atoms with Gasteiger partial charge in [-0.25, -0.2) is 4.98 Å². The summed E-state index contributed by atoms with van der Waals surface area (Å²) < 4.78 is 129. The Morgan fingerprint density at radius 3 is 1.82 bits per heavy atom. The van der Waals surface area contributed by atoms with E-state index in [1.54, 1.807) is 6.07 Å². The standard InChI is InChI=1S/C41H26N4/c1-2-12-27(13-3-1)43-34-18-8-4-16-31(34)32-23-22-28(26-39(32)43)44-37-21-11-7-17-33(37)40-38(24-25-42-41(40)44)45-35-19-9-5-14-29(35)30-15-6-10-20-36(30)45/h1-26H/i5D,6D,7D,9D,10D,11D,14D,15D,17D,19D,20D,21D,24D,25D. The van der Waals surface area contributed by atoms with Crippen molar-refractivity contribution in [3.63, 3.8) is 0 Å². The number of aromatic nitrogens is 4. The summed E-state index contributed by atoms with van der Waals surface area (Å²) in [4.78, 5) is 4.54. The van der Waals surface area contributed by atoms with Crippen LogP contribution in [0.2, 0.25) is 0 Å². The first-order valence-corrected chi connectivity index (χ1v) is 14.2. The van der Waals surface area contributed by atoms with Crippen LogP contribution in [0.4, 0.5) is 0 Å². The van der Waals surface area contributed by atoms with Crippen LogP contribution < -0.4 is 0 Å². The lowest BCUT2D eigenvalue weighted by atomic mass is 10.1. The maximum atomic E-state index is 9.39. The average Bonchev–Trinajstić information content (AvgIpc) is 3.89. The largest absolute Gasteiger partial charge is 0.309 e. The van der Waals surface area contributed by atoms with E-state index in [0.717, 1.165) is 32.1 Å². The van der Waals surface area contributed by atoms with Crippen LogP contribution in [0, 0.1) is 0 Å². The summed E-state index contributed by atoms with van der Waals surface area (Å²) in [5.41, 5.74) is 1.78. The van der Waals surface area contributed by atoms with Crippen LogP contribution in [-0.4, -0.2) is 18.7 Å². The fourth-order valence-corrected chi connectivity index (χ4v) is 6.53. The molecule has 210 valence electrons. The topological polar surface area (TPSA) is 27.7 Å². The molecular formula is C41H26N4. The fraction of sp³-hybridized carbons (Fsp3) is 0. The van der Waals surface area contributed by atoms with Gasteiger partial charge in [0, 0.05) is 44.5 Å². The minimum absolute atomic E-state index is 0.0592. The second-order valence-corrected chi connectivity index (χ2v) is 10.6. The van der Waals surface area contributed by atoms with Crippen molar-refractivity contribution in [1.82, 2.24) is 18.7 Å². The van der Waals surface area contributed by atoms with E-state index in [1.807, 2.05) is 66.7 Å². The first-order chi connectivity index (χ1) is 28.2. The molecule has 0 radical (unpaired) electrons. The summed E-state index contributed by atoms with van der Waals surface area (Å²) >= 11 is 0. The third-order valence-corrected chi connectivity index (χ3v) is 8.34. The van der Waals surface area contributed by atoms with E-state index in [-0.39, 0.29) is 49.4 Å². The lowest BCUT2D eigenvalue weighted by Gasteiger charge is -2.12. The van der Waals surface area contributed by atoms with Crippen LogP contribution >= 0.6 is 0 Å². The zero-order chi connectivity index (χ0) is 41.7. The number of benzene rings is 6. The zero-order valence-corrected chi connectivity index (χ0v) is 23.2. The van der Waals surface area contributed by atoms with Crippen molar-refractivity contribution in [3.8, 4) is 17.1 Å². The third-order valence-electron chi connectivity index (χ3n) is 8.34. The Kier molecular flexibility index (Phi) is 2.97. The smallest absolute Gasteiger partial charge is 0.147 e. The van der Waals surface area contributed by atoms with Crippen molar-refractivity contribution >= 4 is 65.5 Å². The molecule has 0 N–H and O–H groups in total. The molecule has 4 aromatic heterocycles. The number of nitrogens with zero attached hydrogens (tertiary/aromatic N) is 4. The Morgan fingerprint density at radius 1 is 0.444 bits per heavy atom. The molecule has 6 aromatic carbocycles. The van der Waals surface area contributed by atoms with Crippen molar-refractivity contribution in [2.45, 2.75) is 0 Å². The van der Waals surface area contributed by atoms with E-state index in [9.17, 15) is 4.11 Å². The molecule has 0 saturated carbocycles. The predicted octanol–water partition coefficient (Wildman–Crippen LogP) is 10.4. The molecule has 0 unspecified atom stereocenters. The number of hydrogen-bond acceptors (Lipinski definition) is 1. The van der Waals surface area contributed by atoms with Gasteiger partial charge in [-0.1, -0.05) is 96.8 Å². The molecule has 45 heavy (non-hydrogen) atoms. The molecule has 0 fully saturated rings. The molecule has 10 aromatic rings. The quantitative estimate of drug-likeness (QED) is 0.202. The highest BCUT2D eigenvalue weighted by molar-refractivity contribution is 6.16. The number of pyridine rings is 1. The minimum atomic E-state index is -0.684. The van der Waals surface area contributed by atoms with Crippen molar-refractivity contribution in [2.24, 2.45) is 0 Å². The fourth-order valence-electron chi connectivity index (χ4n) is 6.53. The van der Waals surface area contributed by atoms with E-state index in [0.29, 0.717) is 5.69 Å². The van der Waals surface area contributed by atoms with Gasteiger partial charge >= 0.3 is 0 Å². The Bertz CT molecular complexity index is 3480. The van der Waals surface area contributed by atoms with Gasteiger partial charge in [0.2, 0.25) is 0 Å². The lowest BCUT2D eigenvalue weighted by molar-refractivity contribution is 1.12. The molecule has 0 aliphatic rings. The van der Waals surface area contributed by atoms with Gasteiger partial charge in [0.05, 0.1) is 57.8 Å². The Balaban J connectivity index is 1.46. The molecule has 0 atom stereocenters. The van der Waals surface area contributed by atoms with Crippen molar-refractivity contribution in [3.05, 3.63) is 158 Å². The molecule has 0 amide bonds. The second-order valence-electron chi connectivity index (χ2n) is 10.6. The molecule has 0 aliphatic carbocycles. The van der Waals surface area contributed by atoms with Crippen LogP contribution in [0.15, 0.2) is 158 Å². The summed E-state index contributed by atoms with van der Waals surface area (Å²) in [6.45, 7) is 0. The van der Waals surface area contributed by atoms with Crippen LogP contribution in [0.5, 0.6) is 0 Å². The summed E-state index contributed by atoms with van der Waals surface area (Å²) in [5, 5.41) is 1.11. The van der Waals surface area contributed by atoms with Crippen molar-refractivity contribution < 1.29 is 19.2 Å². The summed E-state index contributed by atoms with van der Waals surface area (Å²) in [6.07, 6.45) is -0.636. The van der Waals surface area contributed by atoms with Crippen molar-refractivity contribution in [2.75, 3.05) is 0 Å². The Morgan fingerprint density at radius 2 is 1.07 bits per heavy atom. The molecule has 0 bridgehead atoms. The Labute approximate surface area is 278 Å². The van der Waals surface area contributed by atoms with Gasteiger partial charge in [0.25, 0.3) is 0 Å². The first-order valence-electron chi connectivity index (χ1n) is 21.2. The maximum Gasteiger partial charge on any atom is 0.147 e. The zero-order valence-electron chi connectivity index (χ0n) is 37.2. The van der Waals surface area contributed by atoms with Gasteiger partial charge in [-0.2, -0.15) is 0 Å². The minimum Gasteiger partial charge on any atom is -0.309 e. The molecule has 0 saturated heterocycles. The van der Waals surface area contributed by atoms with E-state index in [2.05, 4.69) is 9.55 Å². The van der Waals surface area contributed by atoms with Gasteiger partial charge in [-0.15, -0.1) is 0 Å². The SMILES string of the molecule is [2H]c1nc2c(c(-n3c4c([2H])c([2H])c([2H])c([2H])c4c4c([2H])c([2H])c([2H])c([2H])c43)c1[2H])c1c([2H])c([2H])c([2H])c([2H])c1n2-c1ccc2c3ccccc3n(-c3ccccc3)c2c1. The highest BCUT2D eigenvalue weighted by Gasteiger charge is 2.21. The van der Waals surface area contributed by atoms with Crippen LogP contribution in [0.3, 0.4) is 0 Å². The average molecular weight is 589 g/mol. The molecule has 0 aliphatic heterocycles. The maximum absolute atomic E-state index is 9.39. The summed E-state index contributed by atoms with van der Waals surface area (Å²) in [5.74, 6) is 0. The van der Waals surface area contributed by atoms with E-state index in [1.165, 1.54) is 4.57 Å². The van der Waals surface area contributed by atoms with Crippen LogP contribution in [0.25, 0.3) is 82.6 Å². The molecule has 4 heterocycles. The van der Waals surface area contributed by atoms with Gasteiger partial charge in [-0.05, 0) is 54.5 Å². The normalized spacial score (nSPS) is 16.4. The van der Waals surface area contributed by atoms with E-state index in [4.69, 9.17) is 15.1 Å². The summed E-state index contributed by atoms with van der Waals surface area (Å²) in [7, 11) is 0. The highest BCUT2D eigenvalue weighted by Crippen LogP contribution is 2.40. The van der Waals surface area contributed by atoms with E-state index >= 15 is 0 Å². The van der Waals surface area contributed by atoms with Crippen molar-refractivity contribution in [1.29, 1.82) is 0 Å². The van der Waals surface area contributed by atoms with Crippen LogP contribution in [0.1, 0.15) is 19.2 Å². The number of rotatable bonds is 3. The second kappa shape index (κ2) is 9.18. The molecule has 4 nitrogen and oxygen atoms in total. The lowest BCUT2D eigenvalue weighted by Crippen LogP contribution is -1.99. The van der Waals surface area contributed by atoms with Gasteiger partial charge in [-0.3, -0.25) is 4.57 Å². The molecule has 10 rings (SSSR count).